The molecule has 0 atom stereocenters. The second-order valence-electron chi connectivity index (χ2n) is 7.62. The first-order valence-corrected chi connectivity index (χ1v) is 8.50. The summed E-state index contributed by atoms with van der Waals surface area (Å²) in [6.07, 6.45) is 0. The lowest BCUT2D eigenvalue weighted by Gasteiger charge is -2.23. The van der Waals surface area contributed by atoms with Crippen LogP contribution in [0.4, 0.5) is 5.82 Å². The van der Waals surface area contributed by atoms with Gasteiger partial charge in [0.2, 0.25) is 6.79 Å². The molecule has 0 radical (unpaired) electrons. The first-order chi connectivity index (χ1) is 11.8. The monoisotopic (exact) mass is 337 g/mol. The zero-order valence-corrected chi connectivity index (χ0v) is 15.3. The third kappa shape index (κ3) is 2.80. The van der Waals surface area contributed by atoms with E-state index in [1.165, 1.54) is 5.56 Å². The van der Waals surface area contributed by atoms with Crippen molar-refractivity contribution < 1.29 is 9.47 Å². The molecule has 1 aromatic carbocycles. The van der Waals surface area contributed by atoms with E-state index in [0.717, 1.165) is 39.9 Å². The molecule has 0 aliphatic carbocycles. The lowest BCUT2D eigenvalue weighted by Crippen LogP contribution is -2.27. The predicted octanol–water partition coefficient (Wildman–Crippen LogP) is 4.56. The van der Waals surface area contributed by atoms with Crippen LogP contribution in [-0.2, 0) is 0 Å². The number of anilines is 1. The van der Waals surface area contributed by atoms with E-state index in [4.69, 9.17) is 14.5 Å². The molecule has 3 aromatic rings. The average molecular weight is 337 g/mol. The van der Waals surface area contributed by atoms with Gasteiger partial charge < -0.3 is 14.8 Å². The molecule has 25 heavy (non-hydrogen) atoms. The molecule has 1 aliphatic rings. The van der Waals surface area contributed by atoms with Gasteiger partial charge in [0.15, 0.2) is 11.5 Å². The lowest BCUT2D eigenvalue weighted by atomic mass is 10.1. The first kappa shape index (κ1) is 15.8. The molecule has 3 heterocycles. The van der Waals surface area contributed by atoms with Crippen molar-refractivity contribution in [2.45, 2.75) is 40.2 Å². The highest BCUT2D eigenvalue weighted by molar-refractivity contribution is 5.79. The van der Waals surface area contributed by atoms with Crippen LogP contribution >= 0.6 is 0 Å². The molecule has 2 aromatic heterocycles. The van der Waals surface area contributed by atoms with Gasteiger partial charge in [-0.3, -0.25) is 4.40 Å². The number of hydrogen-bond donors (Lipinski definition) is 1. The van der Waals surface area contributed by atoms with E-state index < -0.39 is 0 Å². The van der Waals surface area contributed by atoms with Crippen LogP contribution < -0.4 is 14.8 Å². The van der Waals surface area contributed by atoms with E-state index in [0.29, 0.717) is 0 Å². The molecule has 4 rings (SSSR count). The molecule has 0 saturated heterocycles. The quantitative estimate of drug-likeness (QED) is 0.745. The number of nitrogens with one attached hydrogen (secondary N) is 1. The van der Waals surface area contributed by atoms with Crippen LogP contribution in [0.2, 0.25) is 0 Å². The minimum atomic E-state index is -0.0849. The number of fused-ring (bicyclic) bond motifs is 2. The topological polar surface area (TPSA) is 47.8 Å². The Hall–Kier alpha value is -2.69. The van der Waals surface area contributed by atoms with Gasteiger partial charge in [0.25, 0.3) is 0 Å². The molecule has 0 bridgehead atoms. The zero-order chi connectivity index (χ0) is 17.8. The second-order valence-corrected chi connectivity index (χ2v) is 7.62. The summed E-state index contributed by atoms with van der Waals surface area (Å²) in [5.41, 5.74) is 5.14. The number of imidazole rings is 1. The maximum absolute atomic E-state index is 5.54. The second kappa shape index (κ2) is 5.41. The number of aromatic nitrogens is 2. The van der Waals surface area contributed by atoms with Gasteiger partial charge in [-0.2, -0.15) is 0 Å². The third-order valence-electron chi connectivity index (χ3n) is 4.19. The molecule has 0 amide bonds. The van der Waals surface area contributed by atoms with Crippen molar-refractivity contribution in [3.05, 3.63) is 41.6 Å². The number of pyridine rings is 1. The Kier molecular flexibility index (Phi) is 3.42. The minimum Gasteiger partial charge on any atom is -0.454 e. The number of nitrogens with zero attached hydrogens (tertiary/aromatic N) is 2. The fraction of sp³-hybridized carbons (Fsp3) is 0.350. The Labute approximate surface area is 147 Å². The zero-order valence-electron chi connectivity index (χ0n) is 15.3. The fourth-order valence-electron chi connectivity index (χ4n) is 3.25. The molecule has 0 fully saturated rings. The van der Waals surface area contributed by atoms with E-state index in [9.17, 15) is 0 Å². The molecule has 1 N–H and O–H groups in total. The van der Waals surface area contributed by atoms with Crippen LogP contribution in [0.5, 0.6) is 11.5 Å². The van der Waals surface area contributed by atoms with E-state index >= 15 is 0 Å². The van der Waals surface area contributed by atoms with Gasteiger partial charge >= 0.3 is 0 Å². The summed E-state index contributed by atoms with van der Waals surface area (Å²) < 4.78 is 13.2. The Morgan fingerprint density at radius 3 is 2.56 bits per heavy atom. The van der Waals surface area contributed by atoms with Gasteiger partial charge in [0.05, 0.1) is 0 Å². The average Bonchev–Trinajstić information content (AvgIpc) is 3.09. The van der Waals surface area contributed by atoms with E-state index in [2.05, 4.69) is 56.5 Å². The molecule has 0 saturated carbocycles. The smallest absolute Gasteiger partial charge is 0.231 e. The van der Waals surface area contributed by atoms with Crippen molar-refractivity contribution in [1.82, 2.24) is 9.38 Å². The summed E-state index contributed by atoms with van der Waals surface area (Å²) in [5.74, 6) is 2.55. The predicted molar refractivity (Wildman–Crippen MR) is 99.6 cm³/mol. The highest BCUT2D eigenvalue weighted by atomic mass is 16.7. The number of hydrogen-bond acceptors (Lipinski definition) is 4. The van der Waals surface area contributed by atoms with Crippen molar-refractivity contribution in [3.63, 3.8) is 0 Å². The van der Waals surface area contributed by atoms with Crippen LogP contribution in [0.15, 0.2) is 30.3 Å². The van der Waals surface area contributed by atoms with Crippen LogP contribution in [0.25, 0.3) is 16.9 Å². The summed E-state index contributed by atoms with van der Waals surface area (Å²) in [6.45, 7) is 10.9. The van der Waals surface area contributed by atoms with E-state index in [-0.39, 0.29) is 12.3 Å². The molecule has 0 unspecified atom stereocenters. The Morgan fingerprint density at radius 1 is 1.04 bits per heavy atom. The summed E-state index contributed by atoms with van der Waals surface area (Å²) in [6, 6.07) is 10.3. The summed E-state index contributed by atoms with van der Waals surface area (Å²) in [4.78, 5) is 4.92. The largest absolute Gasteiger partial charge is 0.454 e. The Bertz CT molecular complexity index is 967. The summed E-state index contributed by atoms with van der Waals surface area (Å²) >= 11 is 0. The third-order valence-corrected chi connectivity index (χ3v) is 4.19. The van der Waals surface area contributed by atoms with Crippen molar-refractivity contribution >= 4 is 11.5 Å². The number of ether oxygens (including phenoxy) is 2. The number of benzene rings is 1. The van der Waals surface area contributed by atoms with Gasteiger partial charge in [-0.1, -0.05) is 0 Å². The van der Waals surface area contributed by atoms with Crippen molar-refractivity contribution in [3.8, 4) is 22.8 Å². The molecule has 0 spiro atoms. The standard InChI is InChI=1S/C20H23N3O2/c1-12-8-13(2)23-17(9-12)21-18(19(23)22-20(3,4)5)14-6-7-15-16(10-14)25-11-24-15/h6-10,22H,11H2,1-5H3. The highest BCUT2D eigenvalue weighted by Crippen LogP contribution is 2.39. The van der Waals surface area contributed by atoms with E-state index in [1.807, 2.05) is 18.2 Å². The number of rotatable bonds is 2. The van der Waals surface area contributed by atoms with Crippen LogP contribution in [-0.4, -0.2) is 21.7 Å². The summed E-state index contributed by atoms with van der Waals surface area (Å²) in [5, 5.41) is 3.63. The fourth-order valence-corrected chi connectivity index (χ4v) is 3.25. The van der Waals surface area contributed by atoms with Gasteiger partial charge in [0.1, 0.15) is 17.2 Å². The highest BCUT2D eigenvalue weighted by Gasteiger charge is 2.22. The molecule has 1 aliphatic heterocycles. The molecular weight excluding hydrogens is 314 g/mol. The van der Waals surface area contributed by atoms with E-state index in [1.54, 1.807) is 0 Å². The first-order valence-electron chi connectivity index (χ1n) is 8.50. The maximum atomic E-state index is 5.54. The van der Waals surface area contributed by atoms with Crippen molar-refractivity contribution in [1.29, 1.82) is 0 Å². The van der Waals surface area contributed by atoms with Crippen LogP contribution in [0.1, 0.15) is 32.0 Å². The Morgan fingerprint density at radius 2 is 1.80 bits per heavy atom. The molecule has 130 valence electrons. The Balaban J connectivity index is 1.96. The maximum Gasteiger partial charge on any atom is 0.231 e. The van der Waals surface area contributed by atoms with Gasteiger partial charge in [-0.25, -0.2) is 4.98 Å². The van der Waals surface area contributed by atoms with Gasteiger partial charge in [-0.05, 0) is 70.5 Å². The van der Waals surface area contributed by atoms with Crippen molar-refractivity contribution in [2.75, 3.05) is 12.1 Å². The van der Waals surface area contributed by atoms with Crippen LogP contribution in [0, 0.1) is 13.8 Å². The van der Waals surface area contributed by atoms with Crippen molar-refractivity contribution in [2.24, 2.45) is 0 Å². The van der Waals surface area contributed by atoms with Gasteiger partial charge in [0, 0.05) is 16.8 Å². The molecule has 5 heteroatoms. The number of aryl methyl sites for hydroxylation is 2. The van der Waals surface area contributed by atoms with Crippen LogP contribution in [0.3, 0.4) is 0 Å². The normalized spacial score (nSPS) is 13.5. The lowest BCUT2D eigenvalue weighted by molar-refractivity contribution is 0.174. The van der Waals surface area contributed by atoms with Gasteiger partial charge in [-0.15, -0.1) is 0 Å². The minimum absolute atomic E-state index is 0.0849. The summed E-state index contributed by atoms with van der Waals surface area (Å²) in [7, 11) is 0. The molecule has 5 nitrogen and oxygen atoms in total. The molecular formula is C20H23N3O2. The SMILES string of the molecule is Cc1cc(C)n2c(NC(C)(C)C)c(-c3ccc4c(c3)OCO4)nc2c1.